The van der Waals surface area contributed by atoms with Gasteiger partial charge in [-0.1, -0.05) is 18.9 Å². The van der Waals surface area contributed by atoms with Crippen LogP contribution in [0.4, 0.5) is 5.82 Å². The van der Waals surface area contributed by atoms with Gasteiger partial charge in [0, 0.05) is 30.7 Å². The molecule has 2 fully saturated rings. The summed E-state index contributed by atoms with van der Waals surface area (Å²) < 4.78 is 0. The highest BCUT2D eigenvalue weighted by atomic mass is 35.5. The van der Waals surface area contributed by atoms with Crippen LogP contribution < -0.4 is 11.1 Å². The lowest BCUT2D eigenvalue weighted by molar-refractivity contribution is -0.141. The Kier molecular flexibility index (Phi) is 9.18. The van der Waals surface area contributed by atoms with Crippen LogP contribution in [0, 0.1) is 18.8 Å². The fraction of sp³-hybridized carbons (Fsp3) is 0.650. The van der Waals surface area contributed by atoms with Gasteiger partial charge in [-0.3, -0.25) is 9.59 Å². The summed E-state index contributed by atoms with van der Waals surface area (Å²) in [6, 6.07) is 3.74. The molecule has 0 spiro atoms. The van der Waals surface area contributed by atoms with Crippen LogP contribution in [0.5, 0.6) is 0 Å². The Labute approximate surface area is 179 Å². The van der Waals surface area contributed by atoms with Crippen molar-refractivity contribution in [2.24, 2.45) is 17.6 Å². The summed E-state index contributed by atoms with van der Waals surface area (Å²) >= 11 is 0. The molecule has 1 aromatic heterocycles. The number of amides is 2. The van der Waals surface area contributed by atoms with Crippen molar-refractivity contribution < 1.29 is 9.59 Å². The number of nitrogens with two attached hydrogens (primary N) is 1. The van der Waals surface area contributed by atoms with Crippen molar-refractivity contribution in [2.75, 3.05) is 18.4 Å². The van der Waals surface area contributed by atoms with E-state index in [1.54, 1.807) is 6.20 Å². The second-order valence-electron chi connectivity index (χ2n) is 8.11. The van der Waals surface area contributed by atoms with E-state index in [2.05, 4.69) is 10.3 Å². The standard InChI is InChI=1S/C20H30N4O2.2ClH/c1-14-6-7-17(22-13-14)23-18(25)15-8-11-24(12-9-15)19(26)16-5-3-4-10-20(16,2)21;;/h6-7,13,15-16H,3-5,8-12,21H2,1-2H3,(H,22,23,25);2*1H. The van der Waals surface area contributed by atoms with E-state index in [4.69, 9.17) is 5.73 Å². The molecule has 8 heteroatoms. The number of aryl methyl sites for hydroxylation is 1. The first-order valence-electron chi connectivity index (χ1n) is 9.68. The molecule has 2 unspecified atom stereocenters. The van der Waals surface area contributed by atoms with Crippen LogP contribution in [0.3, 0.4) is 0 Å². The first-order valence-corrected chi connectivity index (χ1v) is 9.68. The monoisotopic (exact) mass is 430 g/mol. The Balaban J connectivity index is 0.00000196. The van der Waals surface area contributed by atoms with Crippen molar-refractivity contribution in [3.8, 4) is 0 Å². The predicted molar refractivity (Wildman–Crippen MR) is 116 cm³/mol. The van der Waals surface area contributed by atoms with Crippen molar-refractivity contribution in [3.05, 3.63) is 23.9 Å². The van der Waals surface area contributed by atoms with Gasteiger partial charge < -0.3 is 16.0 Å². The van der Waals surface area contributed by atoms with E-state index >= 15 is 0 Å². The molecule has 1 aromatic rings. The van der Waals surface area contributed by atoms with Crippen LogP contribution in [-0.4, -0.2) is 40.3 Å². The first kappa shape index (κ1) is 24.7. The third-order valence-corrected chi connectivity index (χ3v) is 5.89. The predicted octanol–water partition coefficient (Wildman–Crippen LogP) is 3.32. The van der Waals surface area contributed by atoms with Gasteiger partial charge in [0.1, 0.15) is 5.82 Å². The van der Waals surface area contributed by atoms with E-state index in [1.165, 1.54) is 0 Å². The number of nitrogens with zero attached hydrogens (tertiary/aromatic N) is 2. The highest BCUT2D eigenvalue weighted by molar-refractivity contribution is 5.92. The van der Waals surface area contributed by atoms with E-state index in [9.17, 15) is 9.59 Å². The minimum absolute atomic E-state index is 0. The second-order valence-corrected chi connectivity index (χ2v) is 8.11. The van der Waals surface area contributed by atoms with Crippen molar-refractivity contribution in [3.63, 3.8) is 0 Å². The Bertz CT molecular complexity index is 659. The number of aromatic nitrogens is 1. The number of carbonyl (C=O) groups is 2. The fourth-order valence-electron chi connectivity index (χ4n) is 4.12. The number of hydrogen-bond acceptors (Lipinski definition) is 4. The third-order valence-electron chi connectivity index (χ3n) is 5.89. The summed E-state index contributed by atoms with van der Waals surface area (Å²) in [6.07, 6.45) is 7.09. The molecule has 0 radical (unpaired) electrons. The molecule has 2 aliphatic rings. The van der Waals surface area contributed by atoms with Crippen LogP contribution in [0.2, 0.25) is 0 Å². The van der Waals surface area contributed by atoms with Gasteiger partial charge in [-0.2, -0.15) is 0 Å². The number of pyridine rings is 1. The second kappa shape index (κ2) is 10.4. The smallest absolute Gasteiger partial charge is 0.228 e. The number of halogens is 2. The molecule has 6 nitrogen and oxygen atoms in total. The first-order chi connectivity index (χ1) is 12.4. The van der Waals surface area contributed by atoms with Crippen LogP contribution in [-0.2, 0) is 9.59 Å². The zero-order valence-corrected chi connectivity index (χ0v) is 18.3. The van der Waals surface area contributed by atoms with Crippen molar-refractivity contribution in [1.82, 2.24) is 9.88 Å². The molecule has 1 aliphatic carbocycles. The molecular weight excluding hydrogens is 399 g/mol. The SMILES string of the molecule is Cc1ccc(NC(=O)C2CCN(C(=O)C3CCCCC3(C)N)CC2)nc1.Cl.Cl. The summed E-state index contributed by atoms with van der Waals surface area (Å²) in [5, 5.41) is 2.89. The van der Waals surface area contributed by atoms with E-state index in [1.807, 2.05) is 30.9 Å². The molecule has 28 heavy (non-hydrogen) atoms. The molecule has 1 saturated heterocycles. The average Bonchev–Trinajstić information content (AvgIpc) is 2.63. The zero-order chi connectivity index (χ0) is 18.7. The Morgan fingerprint density at radius 1 is 1.18 bits per heavy atom. The van der Waals surface area contributed by atoms with Crippen molar-refractivity contribution in [2.45, 2.75) is 57.9 Å². The third kappa shape index (κ3) is 5.82. The Morgan fingerprint density at radius 3 is 2.43 bits per heavy atom. The lowest BCUT2D eigenvalue weighted by atomic mass is 9.73. The molecule has 0 aromatic carbocycles. The lowest BCUT2D eigenvalue weighted by Crippen LogP contribution is -2.55. The number of likely N-dealkylation sites (tertiary alicyclic amines) is 1. The molecule has 2 heterocycles. The summed E-state index contributed by atoms with van der Waals surface area (Å²) in [5.41, 5.74) is 7.04. The number of hydrogen-bond donors (Lipinski definition) is 2. The molecule has 2 atom stereocenters. The molecular formula is C20H32Cl2N4O2. The summed E-state index contributed by atoms with van der Waals surface area (Å²) in [6.45, 7) is 5.23. The van der Waals surface area contributed by atoms with Gasteiger partial charge in [0.15, 0.2) is 0 Å². The average molecular weight is 431 g/mol. The minimum Gasteiger partial charge on any atom is -0.342 e. The van der Waals surface area contributed by atoms with E-state index < -0.39 is 5.54 Å². The maximum absolute atomic E-state index is 12.9. The topological polar surface area (TPSA) is 88.3 Å². The van der Waals surface area contributed by atoms with E-state index in [0.29, 0.717) is 31.7 Å². The highest BCUT2D eigenvalue weighted by Gasteiger charge is 2.40. The van der Waals surface area contributed by atoms with Gasteiger partial charge in [-0.25, -0.2) is 4.98 Å². The fourth-order valence-corrected chi connectivity index (χ4v) is 4.12. The molecule has 3 rings (SSSR count). The quantitative estimate of drug-likeness (QED) is 0.769. The van der Waals surface area contributed by atoms with Crippen LogP contribution in [0.1, 0.15) is 51.0 Å². The summed E-state index contributed by atoms with van der Waals surface area (Å²) in [4.78, 5) is 31.5. The molecule has 158 valence electrons. The lowest BCUT2D eigenvalue weighted by Gasteiger charge is -2.41. The summed E-state index contributed by atoms with van der Waals surface area (Å²) in [7, 11) is 0. The molecule has 3 N–H and O–H groups in total. The maximum atomic E-state index is 12.9. The van der Waals surface area contributed by atoms with Gasteiger partial charge >= 0.3 is 0 Å². The number of anilines is 1. The molecule has 0 bridgehead atoms. The van der Waals surface area contributed by atoms with Gasteiger partial charge in [-0.15, -0.1) is 24.8 Å². The van der Waals surface area contributed by atoms with E-state index in [0.717, 1.165) is 31.2 Å². The summed E-state index contributed by atoms with van der Waals surface area (Å²) in [5.74, 6) is 0.597. The van der Waals surface area contributed by atoms with Crippen LogP contribution in [0.15, 0.2) is 18.3 Å². The van der Waals surface area contributed by atoms with Crippen LogP contribution >= 0.6 is 24.8 Å². The highest BCUT2D eigenvalue weighted by Crippen LogP contribution is 2.34. The Morgan fingerprint density at radius 2 is 1.86 bits per heavy atom. The minimum atomic E-state index is -0.402. The number of piperidine rings is 1. The molecule has 1 aliphatic heterocycles. The van der Waals surface area contributed by atoms with Crippen molar-refractivity contribution in [1.29, 1.82) is 0 Å². The van der Waals surface area contributed by atoms with Crippen molar-refractivity contribution >= 4 is 42.4 Å². The molecule has 1 saturated carbocycles. The van der Waals surface area contributed by atoms with Gasteiger partial charge in [0.05, 0.1) is 5.92 Å². The van der Waals surface area contributed by atoms with E-state index in [-0.39, 0.29) is 48.5 Å². The van der Waals surface area contributed by atoms with Gasteiger partial charge in [-0.05, 0) is 51.2 Å². The number of rotatable bonds is 3. The normalized spacial score (nSPS) is 25.2. The van der Waals surface area contributed by atoms with Gasteiger partial charge in [0.2, 0.25) is 11.8 Å². The number of carbonyl (C=O) groups excluding carboxylic acids is 2. The Hall–Kier alpha value is -1.37. The largest absolute Gasteiger partial charge is 0.342 e. The molecule has 2 amide bonds. The van der Waals surface area contributed by atoms with Crippen LogP contribution in [0.25, 0.3) is 0 Å². The zero-order valence-electron chi connectivity index (χ0n) is 16.6. The maximum Gasteiger partial charge on any atom is 0.228 e. The number of nitrogens with one attached hydrogen (secondary N) is 1. The van der Waals surface area contributed by atoms with Gasteiger partial charge in [0.25, 0.3) is 0 Å².